The van der Waals surface area contributed by atoms with Crippen molar-refractivity contribution in [2.75, 3.05) is 5.32 Å². The number of amides is 3. The Kier molecular flexibility index (Phi) is 9.79. The molecule has 0 bridgehead atoms. The third-order valence-electron chi connectivity index (χ3n) is 7.81. The Labute approximate surface area is 254 Å². The lowest BCUT2D eigenvalue weighted by Crippen LogP contribution is -2.57. The number of nitrogens with zero attached hydrogens (tertiary/aromatic N) is 1. The number of anilines is 1. The van der Waals surface area contributed by atoms with Crippen LogP contribution in [-0.4, -0.2) is 45.6 Å². The SMILES string of the molecule is Cc1cccc(C(C(=O)Nc2c(C)cccc2C)N(C(=O)C(Cc2ccccc2)NC(=O)OC(C)(C)C)C2CCC2)c1O. The number of rotatable bonds is 9. The molecular weight excluding hydrogens is 542 g/mol. The van der Waals surface area contributed by atoms with E-state index in [2.05, 4.69) is 10.6 Å². The van der Waals surface area contributed by atoms with Crippen LogP contribution in [-0.2, 0) is 20.7 Å². The Morgan fingerprint density at radius 1 is 0.907 bits per heavy atom. The summed E-state index contributed by atoms with van der Waals surface area (Å²) in [5, 5.41) is 17.1. The van der Waals surface area contributed by atoms with Crippen LogP contribution in [0, 0.1) is 20.8 Å². The first kappa shape index (κ1) is 31.6. The number of alkyl carbamates (subject to hydrolysis) is 1. The monoisotopic (exact) mass is 585 g/mol. The van der Waals surface area contributed by atoms with Gasteiger partial charge in [-0.15, -0.1) is 0 Å². The van der Waals surface area contributed by atoms with E-state index in [0.29, 0.717) is 29.7 Å². The Hall–Kier alpha value is -4.33. The van der Waals surface area contributed by atoms with Crippen molar-refractivity contribution in [3.63, 3.8) is 0 Å². The van der Waals surface area contributed by atoms with Crippen molar-refractivity contribution >= 4 is 23.6 Å². The predicted octanol–water partition coefficient (Wildman–Crippen LogP) is 6.51. The average Bonchev–Trinajstić information content (AvgIpc) is 2.90. The summed E-state index contributed by atoms with van der Waals surface area (Å²) in [4.78, 5) is 43.6. The lowest BCUT2D eigenvalue weighted by molar-refractivity contribution is -0.145. The second-order valence-corrected chi connectivity index (χ2v) is 12.4. The van der Waals surface area contributed by atoms with E-state index >= 15 is 0 Å². The largest absolute Gasteiger partial charge is 0.507 e. The maximum atomic E-state index is 14.7. The zero-order chi connectivity index (χ0) is 31.3. The second kappa shape index (κ2) is 13.3. The van der Waals surface area contributed by atoms with Crippen molar-refractivity contribution < 1.29 is 24.2 Å². The fraction of sp³-hybridized carbons (Fsp3) is 0.400. The zero-order valence-electron chi connectivity index (χ0n) is 25.9. The second-order valence-electron chi connectivity index (χ2n) is 12.4. The van der Waals surface area contributed by atoms with Gasteiger partial charge in [-0.3, -0.25) is 9.59 Å². The molecule has 8 nitrogen and oxygen atoms in total. The molecule has 3 amide bonds. The van der Waals surface area contributed by atoms with Crippen LogP contribution in [0.4, 0.5) is 10.5 Å². The summed E-state index contributed by atoms with van der Waals surface area (Å²) in [5.74, 6) is -0.891. The summed E-state index contributed by atoms with van der Waals surface area (Å²) < 4.78 is 5.53. The van der Waals surface area contributed by atoms with Gasteiger partial charge in [-0.25, -0.2) is 4.79 Å². The van der Waals surface area contributed by atoms with Gasteiger partial charge in [0.15, 0.2) is 0 Å². The van der Waals surface area contributed by atoms with Crippen LogP contribution in [0.25, 0.3) is 0 Å². The molecule has 0 aliphatic heterocycles. The number of carbonyl (C=O) groups excluding carboxylic acids is 3. The number of aryl methyl sites for hydroxylation is 3. The molecule has 0 heterocycles. The van der Waals surface area contributed by atoms with E-state index in [0.717, 1.165) is 23.1 Å². The van der Waals surface area contributed by atoms with Gasteiger partial charge in [0.2, 0.25) is 5.91 Å². The number of hydrogen-bond donors (Lipinski definition) is 3. The van der Waals surface area contributed by atoms with Crippen molar-refractivity contribution in [1.29, 1.82) is 0 Å². The van der Waals surface area contributed by atoms with Gasteiger partial charge < -0.3 is 25.4 Å². The topological polar surface area (TPSA) is 108 Å². The summed E-state index contributed by atoms with van der Waals surface area (Å²) in [6, 6.07) is 18.0. The van der Waals surface area contributed by atoms with Crippen LogP contribution in [0.15, 0.2) is 66.7 Å². The van der Waals surface area contributed by atoms with Gasteiger partial charge >= 0.3 is 6.09 Å². The van der Waals surface area contributed by atoms with E-state index in [-0.39, 0.29) is 18.2 Å². The standard InChI is InChI=1S/C35H43N3O5/c1-22-13-10-14-23(2)29(22)37-32(40)30(27-20-11-15-24(3)31(27)39)38(26-18-12-19-26)33(41)28(21-25-16-8-7-9-17-25)36-34(42)43-35(4,5)6/h7-11,13-17,20,26,28,30,39H,12,18-19,21H2,1-6H3,(H,36,42)(H,37,40). The number of carbonyl (C=O) groups is 3. The first-order valence-corrected chi connectivity index (χ1v) is 14.9. The number of phenolic OH excluding ortho intramolecular Hbond substituents is 1. The van der Waals surface area contributed by atoms with Gasteiger partial charge in [-0.05, 0) is 83.1 Å². The quantitative estimate of drug-likeness (QED) is 0.265. The third-order valence-corrected chi connectivity index (χ3v) is 7.81. The maximum absolute atomic E-state index is 14.7. The first-order chi connectivity index (χ1) is 20.4. The van der Waals surface area contributed by atoms with Crippen molar-refractivity contribution in [3.05, 3.63) is 94.5 Å². The van der Waals surface area contributed by atoms with E-state index in [1.54, 1.807) is 50.8 Å². The van der Waals surface area contributed by atoms with Crippen LogP contribution in [0.2, 0.25) is 0 Å². The average molecular weight is 586 g/mol. The van der Waals surface area contributed by atoms with Crippen LogP contribution >= 0.6 is 0 Å². The molecule has 2 unspecified atom stereocenters. The molecule has 0 saturated heterocycles. The third kappa shape index (κ3) is 7.74. The highest BCUT2D eigenvalue weighted by Gasteiger charge is 2.43. The van der Waals surface area contributed by atoms with Crippen molar-refractivity contribution in [1.82, 2.24) is 10.2 Å². The van der Waals surface area contributed by atoms with Crippen LogP contribution < -0.4 is 10.6 Å². The molecule has 1 aliphatic carbocycles. The minimum absolute atomic E-state index is 0.0408. The number of benzene rings is 3. The van der Waals surface area contributed by atoms with E-state index in [1.165, 1.54) is 0 Å². The van der Waals surface area contributed by atoms with E-state index in [9.17, 15) is 19.5 Å². The lowest BCUT2D eigenvalue weighted by Gasteiger charge is -2.43. The zero-order valence-corrected chi connectivity index (χ0v) is 25.9. The summed E-state index contributed by atoms with van der Waals surface area (Å²) in [6.45, 7) is 10.9. The number of ether oxygens (including phenoxy) is 1. The Morgan fingerprint density at radius 3 is 2.09 bits per heavy atom. The molecule has 3 aromatic rings. The van der Waals surface area contributed by atoms with Gasteiger partial charge in [-0.1, -0.05) is 66.7 Å². The highest BCUT2D eigenvalue weighted by molar-refractivity contribution is 6.00. The van der Waals surface area contributed by atoms with Crippen LogP contribution in [0.5, 0.6) is 5.75 Å². The minimum atomic E-state index is -1.14. The molecule has 1 saturated carbocycles. The molecule has 3 N–H and O–H groups in total. The molecule has 43 heavy (non-hydrogen) atoms. The highest BCUT2D eigenvalue weighted by atomic mass is 16.6. The first-order valence-electron chi connectivity index (χ1n) is 14.9. The molecule has 3 aromatic carbocycles. The van der Waals surface area contributed by atoms with Crippen LogP contribution in [0.1, 0.15) is 73.9 Å². The van der Waals surface area contributed by atoms with Gasteiger partial charge in [0, 0.05) is 23.7 Å². The summed E-state index contributed by atoms with van der Waals surface area (Å²) in [5.41, 5.74) is 3.44. The number of hydrogen-bond acceptors (Lipinski definition) is 5. The molecule has 1 fully saturated rings. The molecule has 1 aliphatic rings. The molecule has 2 atom stereocenters. The van der Waals surface area contributed by atoms with Crippen molar-refractivity contribution in [2.45, 2.75) is 91.0 Å². The van der Waals surface area contributed by atoms with E-state index in [1.807, 2.05) is 62.4 Å². The van der Waals surface area contributed by atoms with E-state index in [4.69, 9.17) is 4.74 Å². The smallest absolute Gasteiger partial charge is 0.408 e. The number of nitrogens with one attached hydrogen (secondary N) is 2. The van der Waals surface area contributed by atoms with E-state index < -0.39 is 35.6 Å². The van der Waals surface area contributed by atoms with Gasteiger partial charge in [0.25, 0.3) is 5.91 Å². The number of aromatic hydroxyl groups is 1. The van der Waals surface area contributed by atoms with Crippen molar-refractivity contribution in [2.24, 2.45) is 0 Å². The molecule has 4 rings (SSSR count). The van der Waals surface area contributed by atoms with Crippen molar-refractivity contribution in [3.8, 4) is 5.75 Å². The molecular formula is C35H43N3O5. The molecule has 8 heteroatoms. The highest BCUT2D eigenvalue weighted by Crippen LogP contribution is 2.39. The summed E-state index contributed by atoms with van der Waals surface area (Å²) in [6.07, 6.45) is 1.80. The lowest BCUT2D eigenvalue weighted by atomic mass is 9.87. The summed E-state index contributed by atoms with van der Waals surface area (Å²) in [7, 11) is 0. The van der Waals surface area contributed by atoms with Gasteiger partial charge in [0.1, 0.15) is 23.4 Å². The predicted molar refractivity (Wildman–Crippen MR) is 168 cm³/mol. The Balaban J connectivity index is 1.80. The normalized spacial score (nSPS) is 14.7. The van der Waals surface area contributed by atoms with Gasteiger partial charge in [0.05, 0.1) is 0 Å². The van der Waals surface area contributed by atoms with Crippen LogP contribution in [0.3, 0.4) is 0 Å². The molecule has 228 valence electrons. The number of para-hydroxylation sites is 2. The molecule has 0 radical (unpaired) electrons. The maximum Gasteiger partial charge on any atom is 0.408 e. The fourth-order valence-electron chi connectivity index (χ4n) is 5.39. The number of phenols is 1. The Bertz CT molecular complexity index is 1440. The van der Waals surface area contributed by atoms with Gasteiger partial charge in [-0.2, -0.15) is 0 Å². The minimum Gasteiger partial charge on any atom is -0.507 e. The summed E-state index contributed by atoms with van der Waals surface area (Å²) >= 11 is 0. The fourth-order valence-corrected chi connectivity index (χ4v) is 5.39. The molecule has 0 spiro atoms. The molecule has 0 aromatic heterocycles. The Morgan fingerprint density at radius 2 is 1.51 bits per heavy atom.